The molecule has 0 unspecified atom stereocenters. The molecule has 2 saturated carbocycles. The van der Waals surface area contributed by atoms with E-state index in [1.54, 1.807) is 25.7 Å². The molecule has 19 heavy (non-hydrogen) atoms. The fourth-order valence-electron chi connectivity index (χ4n) is 5.93. The fourth-order valence-corrected chi connectivity index (χ4v) is 5.93. The molecule has 4 fully saturated rings. The lowest BCUT2D eigenvalue weighted by Gasteiger charge is -2.39. The third-order valence-corrected chi connectivity index (χ3v) is 6.96. The first-order chi connectivity index (χ1) is 9.40. The molecule has 2 saturated heterocycles. The van der Waals surface area contributed by atoms with Gasteiger partial charge in [-0.2, -0.15) is 0 Å². The zero-order valence-electron chi connectivity index (χ0n) is 12.5. The summed E-state index contributed by atoms with van der Waals surface area (Å²) >= 11 is 0. The van der Waals surface area contributed by atoms with Gasteiger partial charge in [0.2, 0.25) is 0 Å². The van der Waals surface area contributed by atoms with Crippen LogP contribution in [-0.4, -0.2) is 38.3 Å². The number of likely N-dealkylation sites (tertiary alicyclic amines) is 2. The van der Waals surface area contributed by atoms with Crippen LogP contribution in [0.2, 0.25) is 0 Å². The Morgan fingerprint density at radius 3 is 2.05 bits per heavy atom. The van der Waals surface area contributed by atoms with Crippen molar-refractivity contribution in [3.05, 3.63) is 0 Å². The average molecular weight is 264 g/mol. The third-order valence-electron chi connectivity index (χ3n) is 6.96. The first-order valence-electron chi connectivity index (χ1n) is 9.09. The predicted octanol–water partition coefficient (Wildman–Crippen LogP) is 0.291. The lowest BCUT2D eigenvalue weighted by molar-refractivity contribution is -0.972. The molecule has 2 aliphatic heterocycles. The number of hydrogen-bond donors (Lipinski definition) is 2. The molecule has 2 heteroatoms. The van der Waals surface area contributed by atoms with E-state index in [0.29, 0.717) is 0 Å². The number of rotatable bonds is 2. The summed E-state index contributed by atoms with van der Waals surface area (Å²) in [7, 11) is 0. The number of nitrogens with one attached hydrogen (secondary N) is 2. The van der Waals surface area contributed by atoms with Crippen LogP contribution in [0.3, 0.4) is 0 Å². The average Bonchev–Trinajstić information content (AvgIpc) is 3.11. The molecule has 2 nitrogen and oxygen atoms in total. The van der Waals surface area contributed by atoms with Gasteiger partial charge in [0.15, 0.2) is 0 Å². The minimum atomic E-state index is 1.03. The van der Waals surface area contributed by atoms with Crippen LogP contribution in [0.1, 0.15) is 57.8 Å². The van der Waals surface area contributed by atoms with E-state index in [1.807, 2.05) is 9.80 Å². The van der Waals surface area contributed by atoms with Gasteiger partial charge in [-0.25, -0.2) is 0 Å². The summed E-state index contributed by atoms with van der Waals surface area (Å²) in [5, 5.41) is 0. The van der Waals surface area contributed by atoms with Gasteiger partial charge in [0.25, 0.3) is 0 Å². The van der Waals surface area contributed by atoms with E-state index in [9.17, 15) is 0 Å². The molecule has 2 aliphatic carbocycles. The lowest BCUT2D eigenvalue weighted by Crippen LogP contribution is -3.22. The third kappa shape index (κ3) is 2.47. The van der Waals surface area contributed by atoms with Gasteiger partial charge in [0.1, 0.15) is 0 Å². The monoisotopic (exact) mass is 264 g/mol. The van der Waals surface area contributed by atoms with Crippen LogP contribution in [0.5, 0.6) is 0 Å². The Morgan fingerprint density at radius 2 is 1.42 bits per heavy atom. The van der Waals surface area contributed by atoms with Gasteiger partial charge in [0, 0.05) is 25.2 Å². The Labute approximate surface area is 118 Å². The first kappa shape index (κ1) is 12.6. The van der Waals surface area contributed by atoms with Gasteiger partial charge in [-0.15, -0.1) is 0 Å². The fraction of sp³-hybridized carbons (Fsp3) is 1.00. The zero-order chi connectivity index (χ0) is 12.7. The molecule has 4 rings (SSSR count). The molecule has 0 radical (unpaired) electrons. The Bertz CT molecular complexity index is 302. The van der Waals surface area contributed by atoms with Crippen molar-refractivity contribution < 1.29 is 9.80 Å². The summed E-state index contributed by atoms with van der Waals surface area (Å²) < 4.78 is 0. The minimum Gasteiger partial charge on any atom is -0.332 e. The van der Waals surface area contributed by atoms with Crippen molar-refractivity contribution in [3.8, 4) is 0 Å². The SMILES string of the molecule is C1CC[NH+](C2CC[NH+]([C@@H]3C[C@H]4CC[C@@H]3C4)CC2)CC1. The van der Waals surface area contributed by atoms with E-state index in [1.165, 1.54) is 58.3 Å². The van der Waals surface area contributed by atoms with Crippen LogP contribution >= 0.6 is 0 Å². The standard InChI is InChI=1S/C17H30N2/c1-2-8-18(9-3-1)16-6-10-19(11-7-16)17-13-14-4-5-15(17)12-14/h14-17H,1-13H2/p+2/t14-,15+,17+/m0/s1. The second-order valence-corrected chi connectivity index (χ2v) is 7.93. The van der Waals surface area contributed by atoms with Gasteiger partial charge >= 0.3 is 0 Å². The number of hydrogen-bond acceptors (Lipinski definition) is 0. The maximum absolute atomic E-state index is 2.01. The molecule has 0 aromatic carbocycles. The van der Waals surface area contributed by atoms with E-state index < -0.39 is 0 Å². The number of fused-ring (bicyclic) bond motifs is 2. The highest BCUT2D eigenvalue weighted by atomic mass is 15.2. The molecule has 2 bridgehead atoms. The Kier molecular flexibility index (Phi) is 3.57. The van der Waals surface area contributed by atoms with Gasteiger partial charge in [-0.3, -0.25) is 0 Å². The zero-order valence-corrected chi connectivity index (χ0v) is 12.5. The summed E-state index contributed by atoms with van der Waals surface area (Å²) in [4.78, 5) is 3.98. The normalized spacial score (nSPS) is 47.7. The molecule has 3 atom stereocenters. The van der Waals surface area contributed by atoms with Crippen molar-refractivity contribution in [1.82, 2.24) is 0 Å². The van der Waals surface area contributed by atoms with E-state index in [4.69, 9.17) is 0 Å². The quantitative estimate of drug-likeness (QED) is 0.709. The number of quaternary nitrogens is 2. The van der Waals surface area contributed by atoms with Crippen molar-refractivity contribution in [1.29, 1.82) is 0 Å². The van der Waals surface area contributed by atoms with Crippen LogP contribution in [0.15, 0.2) is 0 Å². The van der Waals surface area contributed by atoms with E-state index in [0.717, 1.165) is 23.9 Å². The molecule has 4 aliphatic rings. The van der Waals surface area contributed by atoms with Crippen molar-refractivity contribution in [2.24, 2.45) is 11.8 Å². The predicted molar refractivity (Wildman–Crippen MR) is 77.5 cm³/mol. The summed E-state index contributed by atoms with van der Waals surface area (Å²) in [6, 6.07) is 2.11. The molecular weight excluding hydrogens is 232 g/mol. The largest absolute Gasteiger partial charge is 0.332 e. The second kappa shape index (κ2) is 5.37. The van der Waals surface area contributed by atoms with Gasteiger partial charge in [-0.1, -0.05) is 0 Å². The maximum atomic E-state index is 2.01. The van der Waals surface area contributed by atoms with Crippen LogP contribution in [-0.2, 0) is 0 Å². The molecule has 0 aromatic rings. The summed E-state index contributed by atoms with van der Waals surface area (Å²) in [5.41, 5.74) is 0. The van der Waals surface area contributed by atoms with Crippen LogP contribution < -0.4 is 9.80 Å². The molecule has 0 amide bonds. The molecule has 2 heterocycles. The Morgan fingerprint density at radius 1 is 0.632 bits per heavy atom. The van der Waals surface area contributed by atoms with Gasteiger partial charge in [-0.05, 0) is 44.4 Å². The smallest absolute Gasteiger partial charge is 0.0983 e. The summed E-state index contributed by atoms with van der Waals surface area (Å²) in [6.45, 7) is 5.96. The summed E-state index contributed by atoms with van der Waals surface area (Å²) in [5.74, 6) is 2.26. The second-order valence-electron chi connectivity index (χ2n) is 7.93. The maximum Gasteiger partial charge on any atom is 0.0983 e. The highest BCUT2D eigenvalue weighted by Crippen LogP contribution is 2.43. The molecule has 2 N–H and O–H groups in total. The van der Waals surface area contributed by atoms with Gasteiger partial charge < -0.3 is 9.80 Å². The van der Waals surface area contributed by atoms with Crippen LogP contribution in [0, 0.1) is 11.8 Å². The minimum absolute atomic E-state index is 1.03. The molecule has 108 valence electrons. The molecule has 0 spiro atoms. The van der Waals surface area contributed by atoms with Crippen LogP contribution in [0.4, 0.5) is 0 Å². The highest BCUT2D eigenvalue weighted by molar-refractivity contribution is 4.90. The van der Waals surface area contributed by atoms with Crippen LogP contribution in [0.25, 0.3) is 0 Å². The van der Waals surface area contributed by atoms with Crippen molar-refractivity contribution in [3.63, 3.8) is 0 Å². The number of piperidine rings is 2. The van der Waals surface area contributed by atoms with Crippen molar-refractivity contribution >= 4 is 0 Å². The van der Waals surface area contributed by atoms with Crippen molar-refractivity contribution in [2.75, 3.05) is 26.2 Å². The van der Waals surface area contributed by atoms with E-state index >= 15 is 0 Å². The summed E-state index contributed by atoms with van der Waals surface area (Å²) in [6.07, 6.45) is 13.9. The first-order valence-corrected chi connectivity index (χ1v) is 9.09. The Hall–Kier alpha value is -0.0800. The topological polar surface area (TPSA) is 8.88 Å². The lowest BCUT2D eigenvalue weighted by atomic mass is 9.91. The van der Waals surface area contributed by atoms with E-state index in [-0.39, 0.29) is 0 Å². The van der Waals surface area contributed by atoms with Crippen molar-refractivity contribution in [2.45, 2.75) is 69.9 Å². The molecule has 0 aromatic heterocycles. The Balaban J connectivity index is 1.30. The van der Waals surface area contributed by atoms with Gasteiger partial charge in [0.05, 0.1) is 38.3 Å². The van der Waals surface area contributed by atoms with E-state index in [2.05, 4.69) is 0 Å². The molecular formula is C17H32N2+2. The highest BCUT2D eigenvalue weighted by Gasteiger charge is 2.46.